The van der Waals surface area contributed by atoms with Crippen molar-refractivity contribution in [2.75, 3.05) is 0 Å². The molecule has 2 rings (SSSR count). The monoisotopic (exact) mass is 270 g/mol. The Morgan fingerprint density at radius 2 is 2.10 bits per heavy atom. The lowest BCUT2D eigenvalue weighted by atomic mass is 10.1. The molecule has 0 saturated heterocycles. The summed E-state index contributed by atoms with van der Waals surface area (Å²) in [6.45, 7) is -0.125. The molecule has 0 fully saturated rings. The summed E-state index contributed by atoms with van der Waals surface area (Å²) in [5.41, 5.74) is 6.15. The van der Waals surface area contributed by atoms with E-state index >= 15 is 0 Å². The lowest BCUT2D eigenvalue weighted by Crippen LogP contribution is -2.13. The number of carbonyl (C=O) groups excluding carboxylic acids is 1. The van der Waals surface area contributed by atoms with Crippen molar-refractivity contribution >= 4 is 18.1 Å². The quantitative estimate of drug-likeness (QED) is 0.813. The van der Waals surface area contributed by atoms with Crippen LogP contribution in [0.25, 0.3) is 12.2 Å². The summed E-state index contributed by atoms with van der Waals surface area (Å²) < 4.78 is 5.29. The highest BCUT2D eigenvalue weighted by Crippen LogP contribution is 2.10. The molecule has 0 aromatic carbocycles. The van der Waals surface area contributed by atoms with Gasteiger partial charge in [0.05, 0.1) is 11.3 Å². The van der Waals surface area contributed by atoms with Crippen LogP contribution in [0.1, 0.15) is 27.6 Å². The zero-order valence-corrected chi connectivity index (χ0v) is 10.7. The van der Waals surface area contributed by atoms with Gasteiger partial charge < -0.3 is 15.3 Å². The van der Waals surface area contributed by atoms with Crippen LogP contribution in [0.4, 0.5) is 0 Å². The molecule has 20 heavy (non-hydrogen) atoms. The van der Waals surface area contributed by atoms with Crippen LogP contribution in [0, 0.1) is 0 Å². The smallest absolute Gasteiger partial charge is 0.250 e. The largest absolute Gasteiger partial charge is 0.459 e. The third-order valence-electron chi connectivity index (χ3n) is 2.57. The highest BCUT2D eigenvalue weighted by atomic mass is 16.4. The van der Waals surface area contributed by atoms with E-state index in [1.807, 2.05) is 0 Å². The van der Waals surface area contributed by atoms with E-state index in [2.05, 4.69) is 4.98 Å². The van der Waals surface area contributed by atoms with Gasteiger partial charge >= 0.3 is 0 Å². The van der Waals surface area contributed by atoms with Crippen LogP contribution < -0.4 is 5.73 Å². The van der Waals surface area contributed by atoms with Gasteiger partial charge in [-0.15, -0.1) is 0 Å². The van der Waals surface area contributed by atoms with Gasteiger partial charge in [-0.2, -0.15) is 0 Å². The number of aromatic nitrogens is 1. The molecular weight excluding hydrogens is 256 g/mol. The second-order valence-corrected chi connectivity index (χ2v) is 3.98. The molecule has 0 bridgehead atoms. The first kappa shape index (κ1) is 13.8. The third-order valence-corrected chi connectivity index (χ3v) is 2.57. The minimum absolute atomic E-state index is 0.125. The van der Waals surface area contributed by atoms with E-state index in [-0.39, 0.29) is 6.61 Å². The topological polar surface area (TPSA) is 89.4 Å². The maximum absolute atomic E-state index is 11.2. The van der Waals surface area contributed by atoms with Gasteiger partial charge in [-0.1, -0.05) is 12.2 Å². The molecule has 2 aromatic rings. The average Bonchev–Trinajstić information content (AvgIpc) is 2.92. The van der Waals surface area contributed by atoms with Crippen molar-refractivity contribution in [3.8, 4) is 0 Å². The van der Waals surface area contributed by atoms with Gasteiger partial charge in [0, 0.05) is 6.20 Å². The number of nitrogens with zero attached hydrogens (tertiary/aromatic N) is 1. The van der Waals surface area contributed by atoms with Crippen LogP contribution in [0.5, 0.6) is 0 Å². The van der Waals surface area contributed by atoms with Crippen LogP contribution in [0.15, 0.2) is 47.0 Å². The lowest BCUT2D eigenvalue weighted by Gasteiger charge is -1.98. The fourth-order valence-electron chi connectivity index (χ4n) is 1.62. The molecule has 0 aliphatic heterocycles. The summed E-state index contributed by atoms with van der Waals surface area (Å²) in [5.74, 6) is 0.629. The molecule has 0 spiro atoms. The Bertz CT molecular complexity index is 657. The number of pyridine rings is 1. The zero-order chi connectivity index (χ0) is 14.4. The van der Waals surface area contributed by atoms with E-state index in [9.17, 15) is 4.79 Å². The van der Waals surface area contributed by atoms with Crippen molar-refractivity contribution in [3.05, 3.63) is 65.4 Å². The number of hydrogen-bond donors (Lipinski definition) is 2. The molecule has 2 aromatic heterocycles. The molecular formula is C15H14N2O3. The maximum atomic E-state index is 11.2. The number of allylic oxidation sites excluding steroid dienone is 2. The molecule has 0 aliphatic carbocycles. The summed E-state index contributed by atoms with van der Waals surface area (Å²) >= 11 is 0. The first-order valence-electron chi connectivity index (χ1n) is 6.00. The van der Waals surface area contributed by atoms with Gasteiger partial charge in [0.1, 0.15) is 18.1 Å². The predicted molar refractivity (Wildman–Crippen MR) is 75.5 cm³/mol. The summed E-state index contributed by atoms with van der Waals surface area (Å²) in [5, 5.41) is 8.87. The molecule has 0 radical (unpaired) electrons. The number of furan rings is 1. The van der Waals surface area contributed by atoms with Crippen molar-refractivity contribution in [1.29, 1.82) is 0 Å². The normalized spacial score (nSPS) is 11.4. The summed E-state index contributed by atoms with van der Waals surface area (Å²) in [6.07, 6.45) is 8.50. The number of amides is 1. The molecule has 0 atom stereocenters. The van der Waals surface area contributed by atoms with Gasteiger partial charge in [-0.05, 0) is 36.4 Å². The molecule has 3 N–H and O–H groups in total. The molecule has 0 saturated carbocycles. The van der Waals surface area contributed by atoms with Crippen LogP contribution in [0.2, 0.25) is 0 Å². The average molecular weight is 270 g/mol. The highest BCUT2D eigenvalue weighted by molar-refractivity contribution is 5.95. The SMILES string of the molecule is NC(=O)c1cccnc1C=CC=Cc1ccc(CO)o1. The molecule has 1 amide bonds. The number of aliphatic hydroxyl groups is 1. The second-order valence-electron chi connectivity index (χ2n) is 3.98. The zero-order valence-electron chi connectivity index (χ0n) is 10.7. The van der Waals surface area contributed by atoms with Crippen LogP contribution in [-0.2, 0) is 6.61 Å². The van der Waals surface area contributed by atoms with Crippen LogP contribution >= 0.6 is 0 Å². The third kappa shape index (κ3) is 3.43. The summed E-state index contributed by atoms with van der Waals surface area (Å²) in [6, 6.07) is 6.74. The van der Waals surface area contributed by atoms with E-state index in [4.69, 9.17) is 15.3 Å². The molecule has 0 aliphatic rings. The fourth-order valence-corrected chi connectivity index (χ4v) is 1.62. The van der Waals surface area contributed by atoms with Gasteiger partial charge in [0.15, 0.2) is 0 Å². The first-order chi connectivity index (χ1) is 9.70. The van der Waals surface area contributed by atoms with Gasteiger partial charge in [0.2, 0.25) is 0 Å². The number of aliphatic hydroxyl groups excluding tert-OH is 1. The van der Waals surface area contributed by atoms with Crippen molar-refractivity contribution in [2.24, 2.45) is 5.73 Å². The number of primary amides is 1. The minimum atomic E-state index is -0.514. The Hall–Kier alpha value is -2.66. The van der Waals surface area contributed by atoms with E-state index in [1.165, 1.54) is 0 Å². The van der Waals surface area contributed by atoms with Crippen molar-refractivity contribution in [1.82, 2.24) is 4.98 Å². The van der Waals surface area contributed by atoms with E-state index in [0.717, 1.165) is 0 Å². The van der Waals surface area contributed by atoms with Gasteiger partial charge in [-0.25, -0.2) is 0 Å². The summed E-state index contributed by atoms with van der Waals surface area (Å²) in [4.78, 5) is 15.3. The predicted octanol–water partition coefficient (Wildman–Crippen LogP) is 1.99. The molecule has 2 heterocycles. The number of hydrogen-bond acceptors (Lipinski definition) is 4. The fraction of sp³-hybridized carbons (Fsp3) is 0.0667. The molecule has 102 valence electrons. The standard InChI is InChI=1S/C15H14N2O3/c16-15(19)13-5-3-9-17-14(13)6-2-1-4-11-7-8-12(10-18)20-11/h1-9,18H,10H2,(H2,16,19). The Balaban J connectivity index is 2.08. The van der Waals surface area contributed by atoms with Crippen molar-refractivity contribution in [2.45, 2.75) is 6.61 Å². The van der Waals surface area contributed by atoms with Crippen molar-refractivity contribution in [3.63, 3.8) is 0 Å². The van der Waals surface area contributed by atoms with E-state index in [0.29, 0.717) is 22.8 Å². The second kappa shape index (κ2) is 6.49. The molecule has 5 nitrogen and oxygen atoms in total. The minimum Gasteiger partial charge on any atom is -0.459 e. The van der Waals surface area contributed by atoms with Gasteiger partial charge in [-0.3, -0.25) is 9.78 Å². The van der Waals surface area contributed by atoms with E-state index in [1.54, 1.807) is 54.8 Å². The van der Waals surface area contributed by atoms with E-state index < -0.39 is 5.91 Å². The Kier molecular flexibility index (Phi) is 4.47. The van der Waals surface area contributed by atoms with Gasteiger partial charge in [0.25, 0.3) is 5.91 Å². The Morgan fingerprint density at radius 3 is 2.80 bits per heavy atom. The molecule has 5 heteroatoms. The lowest BCUT2D eigenvalue weighted by molar-refractivity contribution is 0.1000. The van der Waals surface area contributed by atoms with Crippen LogP contribution in [0.3, 0.4) is 0 Å². The molecule has 0 unspecified atom stereocenters. The Labute approximate surface area is 116 Å². The highest BCUT2D eigenvalue weighted by Gasteiger charge is 2.04. The number of rotatable bonds is 5. The van der Waals surface area contributed by atoms with Crippen molar-refractivity contribution < 1.29 is 14.3 Å². The number of nitrogens with two attached hydrogens (primary N) is 1. The summed E-state index contributed by atoms with van der Waals surface area (Å²) in [7, 11) is 0. The number of carbonyl (C=O) groups is 1. The first-order valence-corrected chi connectivity index (χ1v) is 6.00. The Morgan fingerprint density at radius 1 is 1.30 bits per heavy atom. The maximum Gasteiger partial charge on any atom is 0.250 e. The van der Waals surface area contributed by atoms with Crippen LogP contribution in [-0.4, -0.2) is 16.0 Å².